The van der Waals surface area contributed by atoms with Crippen LogP contribution >= 0.6 is 0 Å². The van der Waals surface area contributed by atoms with Crippen LogP contribution in [-0.4, -0.2) is 22.6 Å². The van der Waals surface area contributed by atoms with Gasteiger partial charge < -0.3 is 14.9 Å². The quantitative estimate of drug-likeness (QED) is 0.827. The van der Waals surface area contributed by atoms with Gasteiger partial charge in [-0.3, -0.25) is 4.79 Å². The van der Waals surface area contributed by atoms with Crippen LogP contribution in [0.3, 0.4) is 0 Å². The van der Waals surface area contributed by atoms with Gasteiger partial charge in [0.2, 0.25) is 0 Å². The van der Waals surface area contributed by atoms with Gasteiger partial charge >= 0.3 is 0 Å². The largest absolute Gasteiger partial charge is 0.508 e. The van der Waals surface area contributed by atoms with E-state index in [4.69, 9.17) is 11.6 Å². The number of ketones is 1. The van der Waals surface area contributed by atoms with E-state index in [-0.39, 0.29) is 16.9 Å². The maximum Gasteiger partial charge on any atom is 0.177 e. The first kappa shape index (κ1) is 7.19. The maximum atomic E-state index is 12.8. The van der Waals surface area contributed by atoms with Crippen molar-refractivity contribution in [1.82, 2.24) is 0 Å². The highest BCUT2D eigenvalue weighted by molar-refractivity contribution is 6.04. The Hall–Kier alpha value is -2.49. The number of rotatable bonds is 1. The normalized spacial score (nSPS) is 25.3. The number of fused-ring (bicyclic) bond motifs is 1. The Balaban J connectivity index is 2.17. The SMILES string of the molecule is [2H]c1cc(C2([2H])COc3c(cc([2H])c(O)c3[2H])C2=O)cc([2H])c1O. The second-order valence-electron chi connectivity index (χ2n) is 3.98. The van der Waals surface area contributed by atoms with E-state index in [0.717, 1.165) is 18.2 Å². The predicted octanol–water partition coefficient (Wildman–Crippen LogP) is 2.46. The number of carbonyl (C=O) groups excluding carboxylic acids is 1. The summed E-state index contributed by atoms with van der Waals surface area (Å²) in [6.07, 6.45) is 0. The van der Waals surface area contributed by atoms with Gasteiger partial charge in [-0.25, -0.2) is 0 Å². The van der Waals surface area contributed by atoms with Crippen LogP contribution in [-0.2, 0) is 0 Å². The van der Waals surface area contributed by atoms with Crippen molar-refractivity contribution in [3.8, 4) is 17.2 Å². The Labute approximate surface area is 116 Å². The summed E-state index contributed by atoms with van der Waals surface area (Å²) in [4.78, 5) is 12.8. The molecule has 3 rings (SSSR count). The highest BCUT2D eigenvalue weighted by atomic mass is 16.5. The molecular weight excluding hydrogens is 244 g/mol. The molecule has 2 aromatic carbocycles. The molecule has 1 unspecified atom stereocenters. The highest BCUT2D eigenvalue weighted by Gasteiger charge is 2.30. The standard InChI is InChI=1S/C15H12O4/c16-10-3-1-9(2-4-10)13-8-19-14-7-11(17)5-6-12(14)15(13)18/h1-7,13,16-17H,8H2/i3D,4D,5D,7D,13D. The first-order valence-corrected chi connectivity index (χ1v) is 5.48. The van der Waals surface area contributed by atoms with Gasteiger partial charge in [0, 0.05) is 7.41 Å². The topological polar surface area (TPSA) is 66.8 Å². The summed E-state index contributed by atoms with van der Waals surface area (Å²) in [6, 6.07) is 1.52. The minimum Gasteiger partial charge on any atom is -0.508 e. The molecule has 0 spiro atoms. The fourth-order valence-corrected chi connectivity index (χ4v) is 1.84. The molecule has 4 heteroatoms. The Morgan fingerprint density at radius 3 is 2.63 bits per heavy atom. The van der Waals surface area contributed by atoms with E-state index in [9.17, 15) is 15.0 Å². The van der Waals surface area contributed by atoms with Gasteiger partial charge in [-0.05, 0) is 29.8 Å². The molecule has 0 saturated heterocycles. The third kappa shape index (κ3) is 2.01. The van der Waals surface area contributed by atoms with Crippen molar-refractivity contribution < 1.29 is 26.6 Å². The van der Waals surface area contributed by atoms with Crippen LogP contribution in [0.25, 0.3) is 0 Å². The molecule has 0 aliphatic carbocycles. The number of phenolic OH excluding ortho intramolecular Hbond substituents is 2. The monoisotopic (exact) mass is 261 g/mol. The third-order valence-corrected chi connectivity index (χ3v) is 2.79. The van der Waals surface area contributed by atoms with Crippen molar-refractivity contribution >= 4 is 5.78 Å². The summed E-state index contributed by atoms with van der Waals surface area (Å²) >= 11 is 0. The van der Waals surface area contributed by atoms with Crippen molar-refractivity contribution in [3.63, 3.8) is 0 Å². The highest BCUT2D eigenvalue weighted by Crippen LogP contribution is 2.34. The summed E-state index contributed by atoms with van der Waals surface area (Å²) in [6.45, 7) is -0.481. The Bertz CT molecular complexity index is 860. The van der Waals surface area contributed by atoms with E-state index in [0.29, 0.717) is 0 Å². The number of carbonyl (C=O) groups is 1. The van der Waals surface area contributed by atoms with Crippen molar-refractivity contribution in [2.45, 2.75) is 5.89 Å². The third-order valence-electron chi connectivity index (χ3n) is 2.79. The molecule has 4 nitrogen and oxygen atoms in total. The fraction of sp³-hybridized carbons (Fsp3) is 0.133. The molecule has 0 bridgehead atoms. The molecule has 0 radical (unpaired) electrons. The molecule has 0 amide bonds. The van der Waals surface area contributed by atoms with Gasteiger partial charge in [0.1, 0.15) is 23.9 Å². The van der Waals surface area contributed by atoms with E-state index in [1.165, 1.54) is 0 Å². The van der Waals surface area contributed by atoms with E-state index in [2.05, 4.69) is 0 Å². The maximum absolute atomic E-state index is 12.8. The lowest BCUT2D eigenvalue weighted by molar-refractivity contribution is 0.0896. The molecule has 1 atom stereocenters. The summed E-state index contributed by atoms with van der Waals surface area (Å²) < 4.78 is 44.3. The number of Topliss-reactive ketones (excluding diaryl/α,β-unsaturated/α-hetero) is 1. The zero-order valence-electron chi connectivity index (χ0n) is 14.7. The molecule has 96 valence electrons. The first-order valence-electron chi connectivity index (χ1n) is 7.98. The Morgan fingerprint density at radius 1 is 1.21 bits per heavy atom. The van der Waals surface area contributed by atoms with Gasteiger partial charge in [-0.1, -0.05) is 12.1 Å². The first-order chi connectivity index (χ1) is 11.2. The van der Waals surface area contributed by atoms with Crippen LogP contribution in [0.2, 0.25) is 0 Å². The lowest BCUT2D eigenvalue weighted by atomic mass is 9.89. The average Bonchev–Trinajstić information content (AvgIpc) is 2.54. The van der Waals surface area contributed by atoms with Crippen LogP contribution in [0, 0.1) is 0 Å². The van der Waals surface area contributed by atoms with E-state index in [1.807, 2.05) is 0 Å². The molecule has 1 aliphatic heterocycles. The van der Waals surface area contributed by atoms with Crippen molar-refractivity contribution in [3.05, 3.63) is 53.5 Å². The van der Waals surface area contributed by atoms with Crippen LogP contribution < -0.4 is 4.74 Å². The number of hydrogen-bond acceptors (Lipinski definition) is 4. The molecule has 0 saturated carbocycles. The summed E-state index contributed by atoms with van der Waals surface area (Å²) in [5.74, 6) is -4.13. The van der Waals surface area contributed by atoms with Crippen LogP contribution in [0.15, 0.2) is 42.4 Å². The number of phenols is 2. The zero-order chi connectivity index (χ0) is 17.8. The average molecular weight is 261 g/mol. The summed E-state index contributed by atoms with van der Waals surface area (Å²) in [5.41, 5.74) is -0.188. The van der Waals surface area contributed by atoms with Crippen molar-refractivity contribution in [2.24, 2.45) is 0 Å². The van der Waals surface area contributed by atoms with Crippen molar-refractivity contribution in [1.29, 1.82) is 0 Å². The second-order valence-corrected chi connectivity index (χ2v) is 3.98. The van der Waals surface area contributed by atoms with E-state index in [1.54, 1.807) is 0 Å². The molecule has 0 fully saturated rings. The second kappa shape index (κ2) is 4.31. The molecule has 1 aliphatic rings. The van der Waals surface area contributed by atoms with Gasteiger partial charge in [-0.15, -0.1) is 0 Å². The molecule has 1 heterocycles. The van der Waals surface area contributed by atoms with Crippen molar-refractivity contribution in [2.75, 3.05) is 6.61 Å². The number of ether oxygens (including phenoxy) is 1. The summed E-state index contributed by atoms with van der Waals surface area (Å²) in [5, 5.41) is 19.1. The van der Waals surface area contributed by atoms with Gasteiger partial charge in [0.15, 0.2) is 5.78 Å². The van der Waals surface area contributed by atoms with E-state index >= 15 is 0 Å². The minimum absolute atomic E-state index is 0.00270. The van der Waals surface area contributed by atoms with E-state index < -0.39 is 54.0 Å². The molecule has 2 aromatic rings. The molecular formula is C15H12O4. The van der Waals surface area contributed by atoms with Crippen LogP contribution in [0.5, 0.6) is 17.2 Å². The number of benzene rings is 2. The molecule has 2 N–H and O–H groups in total. The molecule has 19 heavy (non-hydrogen) atoms. The van der Waals surface area contributed by atoms with Gasteiger partial charge in [-0.2, -0.15) is 0 Å². The smallest absolute Gasteiger partial charge is 0.177 e. The molecule has 0 aromatic heterocycles. The lowest BCUT2D eigenvalue weighted by Gasteiger charge is -2.24. The predicted molar refractivity (Wildman–Crippen MR) is 68.8 cm³/mol. The van der Waals surface area contributed by atoms with Gasteiger partial charge in [0.05, 0.1) is 16.9 Å². The Kier molecular flexibility index (Phi) is 1.63. The Morgan fingerprint density at radius 2 is 1.89 bits per heavy atom. The van der Waals surface area contributed by atoms with Crippen LogP contribution in [0.1, 0.15) is 28.7 Å². The minimum atomic E-state index is -1.98. The summed E-state index contributed by atoms with van der Waals surface area (Å²) in [7, 11) is 0. The van der Waals surface area contributed by atoms with Gasteiger partial charge in [0.25, 0.3) is 0 Å². The number of hydrogen-bond donors (Lipinski definition) is 2. The zero-order valence-corrected chi connectivity index (χ0v) is 9.65. The fourth-order valence-electron chi connectivity index (χ4n) is 1.84. The lowest BCUT2D eigenvalue weighted by Crippen LogP contribution is -2.25. The van der Waals surface area contributed by atoms with Crippen LogP contribution in [0.4, 0.5) is 0 Å². The number of aromatic hydroxyl groups is 2.